The number of nitrogens with zero attached hydrogens (tertiary/aromatic N) is 1. The molecule has 1 unspecified atom stereocenters. The van der Waals surface area contributed by atoms with E-state index >= 15 is 0 Å². The lowest BCUT2D eigenvalue weighted by molar-refractivity contribution is -0.0640. The van der Waals surface area contributed by atoms with Crippen molar-refractivity contribution in [1.29, 1.82) is 0 Å². The molecular weight excluding hydrogens is 779 g/mol. The van der Waals surface area contributed by atoms with Gasteiger partial charge in [-0.1, -0.05) is 135 Å². The van der Waals surface area contributed by atoms with Crippen molar-refractivity contribution < 1.29 is 18.9 Å². The first kappa shape index (κ1) is 51.3. The lowest BCUT2D eigenvalue weighted by Crippen LogP contribution is -2.56. The second kappa shape index (κ2) is 25.9. The van der Waals surface area contributed by atoms with E-state index in [0.29, 0.717) is 61.0 Å². The minimum absolute atomic E-state index is 0.0869. The van der Waals surface area contributed by atoms with Gasteiger partial charge >= 0.3 is 0 Å². The molecule has 6 rings (SSSR count). The number of rotatable bonds is 32. The molecule has 0 amide bonds. The van der Waals surface area contributed by atoms with Crippen LogP contribution in [0, 0.1) is 34.5 Å². The van der Waals surface area contributed by atoms with Crippen LogP contribution in [0.15, 0.2) is 36.0 Å². The Labute approximate surface area is 388 Å². The summed E-state index contributed by atoms with van der Waals surface area (Å²) in [6.45, 7) is 24.2. The van der Waals surface area contributed by atoms with Crippen molar-refractivity contribution in [3.63, 3.8) is 0 Å². The summed E-state index contributed by atoms with van der Waals surface area (Å²) in [6, 6.07) is 0. The molecule has 63 heavy (non-hydrogen) atoms. The molecule has 2 heterocycles. The van der Waals surface area contributed by atoms with Crippen LogP contribution < -0.4 is 10.6 Å². The standard InChI is InChI=1S/C56H99N3O4/c1-7-8-9-10-11-12-13-14-15-16-17-18-19-20-21-22-38-61-45-50(44-59-36-34-57-35-37-59)63-42-40-60-39-41-62-49-27-30-53(5)48(43-49)26-32-55-52(53)29-31-54(6)51(28-33-56(54,55)58-55)47(4)25-23-24-46(2)3/h11-12,14-15,26,46-47,49-52,57-58H,7-10,13,16-25,27-45H2,1-6H3/b12-11-,15-14-/t47-,49+,50?,51-,52-,53+,54-,55+,56+/m1/s1. The fourth-order valence-electron chi connectivity index (χ4n) is 14.0. The Morgan fingerprint density at radius 2 is 1.51 bits per heavy atom. The maximum Gasteiger partial charge on any atom is 0.0936 e. The van der Waals surface area contributed by atoms with Crippen LogP contribution in [-0.4, -0.2) is 101 Å². The third-order valence-corrected chi connectivity index (χ3v) is 17.7. The average Bonchev–Trinajstić information content (AvgIpc) is 3.85. The molecule has 0 aromatic carbocycles. The van der Waals surface area contributed by atoms with Crippen LogP contribution in [0.3, 0.4) is 0 Å². The summed E-state index contributed by atoms with van der Waals surface area (Å²) >= 11 is 0. The maximum atomic E-state index is 6.53. The van der Waals surface area contributed by atoms with Gasteiger partial charge in [-0.3, -0.25) is 4.90 Å². The Hall–Kier alpha value is -1.06. The Bertz CT molecular complexity index is 1390. The minimum atomic E-state index is 0.0869. The van der Waals surface area contributed by atoms with Gasteiger partial charge in [-0.2, -0.15) is 0 Å². The molecule has 5 fully saturated rings. The van der Waals surface area contributed by atoms with Crippen molar-refractivity contribution in [1.82, 2.24) is 15.5 Å². The monoisotopic (exact) mass is 878 g/mol. The molecule has 2 spiro atoms. The van der Waals surface area contributed by atoms with E-state index in [2.05, 4.69) is 87.5 Å². The molecule has 7 nitrogen and oxygen atoms in total. The maximum absolute atomic E-state index is 6.53. The lowest BCUT2D eigenvalue weighted by atomic mass is 9.47. The molecule has 4 aliphatic carbocycles. The third kappa shape index (κ3) is 13.6. The highest BCUT2D eigenvalue weighted by molar-refractivity contribution is 5.45. The molecule has 0 radical (unpaired) electrons. The van der Waals surface area contributed by atoms with Crippen LogP contribution >= 0.6 is 0 Å². The number of fused-ring (bicyclic) bond motifs is 2. The van der Waals surface area contributed by atoms with Gasteiger partial charge in [-0.05, 0) is 124 Å². The van der Waals surface area contributed by atoms with Crippen molar-refractivity contribution in [3.05, 3.63) is 36.0 Å². The number of nitrogens with one attached hydrogen (secondary N) is 2. The largest absolute Gasteiger partial charge is 0.379 e. The highest BCUT2D eigenvalue weighted by Crippen LogP contribution is 2.77. The van der Waals surface area contributed by atoms with Crippen molar-refractivity contribution in [2.24, 2.45) is 34.5 Å². The van der Waals surface area contributed by atoms with Gasteiger partial charge in [-0.15, -0.1) is 0 Å². The number of ether oxygens (including phenoxy) is 4. The molecule has 0 bridgehead atoms. The summed E-state index contributed by atoms with van der Waals surface area (Å²) in [6.07, 6.45) is 42.3. The number of unbranched alkanes of at least 4 members (excludes halogenated alkanes) is 9. The SMILES string of the molecule is CCCCC/C=C\C/C=C\CCCCCCCCOCC(CN1CCNCC1)OCCOCCO[C@H]1CC[C@@]2(C)C(=CC[C@@]34N[C@]35CC[C@H]([C@H](C)CCCC(C)C)[C@@]5(C)CC[C@H]24)C1. The van der Waals surface area contributed by atoms with E-state index in [-0.39, 0.29) is 6.10 Å². The second-order valence-corrected chi connectivity index (χ2v) is 22.4. The van der Waals surface area contributed by atoms with Crippen LogP contribution in [0.25, 0.3) is 0 Å². The first-order chi connectivity index (χ1) is 30.7. The predicted molar refractivity (Wildman–Crippen MR) is 264 cm³/mol. The molecule has 2 aliphatic heterocycles. The summed E-state index contributed by atoms with van der Waals surface area (Å²) in [7, 11) is 0. The van der Waals surface area contributed by atoms with Crippen LogP contribution in [0.4, 0.5) is 0 Å². The van der Waals surface area contributed by atoms with Crippen LogP contribution in [0.5, 0.6) is 0 Å². The van der Waals surface area contributed by atoms with Crippen LogP contribution in [0.2, 0.25) is 0 Å². The number of piperazine rings is 1. The van der Waals surface area contributed by atoms with Gasteiger partial charge in [0.2, 0.25) is 0 Å². The molecule has 7 heteroatoms. The van der Waals surface area contributed by atoms with Gasteiger partial charge < -0.3 is 29.6 Å². The van der Waals surface area contributed by atoms with E-state index in [1.54, 1.807) is 5.57 Å². The van der Waals surface area contributed by atoms with Gasteiger partial charge in [0.1, 0.15) is 0 Å². The van der Waals surface area contributed by atoms with E-state index in [9.17, 15) is 0 Å². The molecule has 3 saturated carbocycles. The van der Waals surface area contributed by atoms with Crippen molar-refractivity contribution >= 4 is 0 Å². The number of hydrogen-bond donors (Lipinski definition) is 2. The van der Waals surface area contributed by atoms with E-state index in [4.69, 9.17) is 18.9 Å². The highest BCUT2D eigenvalue weighted by atomic mass is 16.6. The number of hydrogen-bond acceptors (Lipinski definition) is 7. The quantitative estimate of drug-likeness (QED) is 0.0396. The zero-order valence-electron chi connectivity index (χ0n) is 42.0. The van der Waals surface area contributed by atoms with E-state index < -0.39 is 0 Å². The summed E-state index contributed by atoms with van der Waals surface area (Å²) in [5, 5.41) is 7.87. The van der Waals surface area contributed by atoms with Gasteiger partial charge in [0.05, 0.1) is 45.2 Å². The van der Waals surface area contributed by atoms with Gasteiger partial charge in [0, 0.05) is 50.4 Å². The Morgan fingerprint density at radius 3 is 2.29 bits per heavy atom. The molecular formula is C56H99N3O4. The Morgan fingerprint density at radius 1 is 0.762 bits per heavy atom. The second-order valence-electron chi connectivity index (χ2n) is 22.4. The summed E-state index contributed by atoms with van der Waals surface area (Å²) in [5.74, 6) is 3.32. The molecule has 2 saturated heterocycles. The zero-order chi connectivity index (χ0) is 44.4. The molecule has 2 N–H and O–H groups in total. The zero-order valence-corrected chi connectivity index (χ0v) is 42.0. The molecule has 0 aromatic rings. The van der Waals surface area contributed by atoms with Crippen molar-refractivity contribution in [2.75, 3.05) is 72.4 Å². The molecule has 362 valence electrons. The van der Waals surface area contributed by atoms with E-state index in [0.717, 1.165) is 82.3 Å². The molecule has 6 aliphatic rings. The number of allylic oxidation sites excluding steroid dienone is 4. The van der Waals surface area contributed by atoms with E-state index in [1.165, 1.54) is 128 Å². The van der Waals surface area contributed by atoms with E-state index in [1.807, 2.05) is 0 Å². The summed E-state index contributed by atoms with van der Waals surface area (Å²) < 4.78 is 25.2. The summed E-state index contributed by atoms with van der Waals surface area (Å²) in [4.78, 5) is 2.52. The summed E-state index contributed by atoms with van der Waals surface area (Å²) in [5.41, 5.74) is 3.19. The van der Waals surface area contributed by atoms with Crippen molar-refractivity contribution in [3.8, 4) is 0 Å². The first-order valence-corrected chi connectivity index (χ1v) is 27.3. The third-order valence-electron chi connectivity index (χ3n) is 17.7. The fraction of sp³-hybridized carbons (Fsp3) is 0.893. The lowest BCUT2D eigenvalue weighted by Gasteiger charge is -2.56. The molecule has 9 atom stereocenters. The van der Waals surface area contributed by atoms with Gasteiger partial charge in [-0.25, -0.2) is 0 Å². The average molecular weight is 878 g/mol. The minimum Gasteiger partial charge on any atom is -0.379 e. The molecule has 0 aromatic heterocycles. The van der Waals surface area contributed by atoms with Gasteiger partial charge in [0.25, 0.3) is 0 Å². The topological polar surface area (TPSA) is 74.1 Å². The first-order valence-electron chi connectivity index (χ1n) is 27.3. The Kier molecular flexibility index (Phi) is 21.1. The smallest absolute Gasteiger partial charge is 0.0936 e. The van der Waals surface area contributed by atoms with Gasteiger partial charge in [0.15, 0.2) is 0 Å². The van der Waals surface area contributed by atoms with Crippen LogP contribution in [-0.2, 0) is 18.9 Å². The Balaban J connectivity index is 0.820. The van der Waals surface area contributed by atoms with Crippen molar-refractivity contribution in [2.45, 2.75) is 213 Å². The fourth-order valence-corrected chi connectivity index (χ4v) is 14.0. The van der Waals surface area contributed by atoms with Crippen LogP contribution in [0.1, 0.15) is 189 Å². The predicted octanol–water partition coefficient (Wildman–Crippen LogP) is 12.4. The normalized spacial score (nSPS) is 32.7. The highest BCUT2D eigenvalue weighted by Gasteiger charge is 2.83.